The highest BCUT2D eigenvalue weighted by molar-refractivity contribution is 14.1. The van der Waals surface area contributed by atoms with Gasteiger partial charge in [-0.15, -0.1) is 11.3 Å². The first-order valence-electron chi connectivity index (χ1n) is 3.65. The van der Waals surface area contributed by atoms with Gasteiger partial charge in [0.1, 0.15) is 5.82 Å². The lowest BCUT2D eigenvalue weighted by Gasteiger charge is -1.93. The Kier molecular flexibility index (Phi) is 2.90. The molecule has 1 aromatic carbocycles. The van der Waals surface area contributed by atoms with Gasteiger partial charge in [0.2, 0.25) is 0 Å². The van der Waals surface area contributed by atoms with E-state index in [1.165, 1.54) is 0 Å². The third-order valence-electron chi connectivity index (χ3n) is 1.77. The molecule has 0 atom stereocenters. The number of halogens is 3. The predicted molar refractivity (Wildman–Crippen MR) is 67.1 cm³/mol. The number of rotatable bonds is 1. The van der Waals surface area contributed by atoms with Gasteiger partial charge in [-0.2, -0.15) is 0 Å². The highest BCUT2D eigenvalue weighted by Gasteiger charge is 2.08. The number of hydrogen-bond acceptors (Lipinski definition) is 1. The van der Waals surface area contributed by atoms with Gasteiger partial charge in [-0.25, -0.2) is 4.39 Å². The fourth-order valence-corrected chi connectivity index (χ4v) is 3.05. The van der Waals surface area contributed by atoms with Crippen LogP contribution in [0.3, 0.4) is 0 Å². The average Bonchev–Trinajstić information content (AvgIpc) is 2.55. The van der Waals surface area contributed by atoms with Gasteiger partial charge in [0.05, 0.1) is 0 Å². The number of thiophene rings is 1. The summed E-state index contributed by atoms with van der Waals surface area (Å²) in [5.41, 5.74) is 0. The summed E-state index contributed by atoms with van der Waals surface area (Å²) in [4.78, 5) is 1.16. The zero-order chi connectivity index (χ0) is 9.42. The van der Waals surface area contributed by atoms with Gasteiger partial charge >= 0.3 is 0 Å². The Bertz CT molecular complexity index is 452. The maximum atomic E-state index is 13.5. The van der Waals surface area contributed by atoms with Crippen molar-refractivity contribution in [3.8, 4) is 0 Å². The molecule has 0 radical (unpaired) electrons. The van der Waals surface area contributed by atoms with Crippen LogP contribution in [0.25, 0.3) is 10.1 Å². The van der Waals surface area contributed by atoms with Gasteiger partial charge in [0.25, 0.3) is 0 Å². The third kappa shape index (κ3) is 1.76. The molecular weight excluding hydrogens is 366 g/mol. The van der Waals surface area contributed by atoms with E-state index in [-0.39, 0.29) is 5.82 Å². The molecule has 0 saturated heterocycles. The lowest BCUT2D eigenvalue weighted by molar-refractivity contribution is 0.633. The fraction of sp³-hybridized carbons (Fsp3) is 0.111. The molecule has 1 aromatic heterocycles. The largest absolute Gasteiger partial charge is 0.205 e. The van der Waals surface area contributed by atoms with Gasteiger partial charge in [-0.3, -0.25) is 0 Å². The van der Waals surface area contributed by atoms with Crippen molar-refractivity contribution in [3.05, 3.63) is 32.5 Å². The summed E-state index contributed by atoms with van der Waals surface area (Å²) < 4.78 is 15.2. The second kappa shape index (κ2) is 3.82. The zero-order valence-corrected chi connectivity index (χ0v) is 11.0. The summed E-state index contributed by atoms with van der Waals surface area (Å²) in [6.45, 7) is 0. The predicted octanol–water partition coefficient (Wildman–Crippen LogP) is 4.54. The molecule has 1 heterocycles. The van der Waals surface area contributed by atoms with Crippen molar-refractivity contribution in [2.45, 2.75) is 5.33 Å². The molecule has 13 heavy (non-hydrogen) atoms. The fourth-order valence-electron chi connectivity index (χ4n) is 1.17. The highest BCUT2D eigenvalue weighted by Crippen LogP contribution is 2.30. The molecular formula is C9H5BrFIS. The van der Waals surface area contributed by atoms with Gasteiger partial charge in [-0.05, 0) is 40.8 Å². The van der Waals surface area contributed by atoms with Gasteiger partial charge < -0.3 is 0 Å². The van der Waals surface area contributed by atoms with Crippen LogP contribution in [-0.4, -0.2) is 0 Å². The second-order valence-electron chi connectivity index (χ2n) is 2.62. The molecule has 0 aliphatic rings. The topological polar surface area (TPSA) is 0 Å². The monoisotopic (exact) mass is 370 g/mol. The first kappa shape index (κ1) is 9.86. The molecule has 0 bridgehead atoms. The zero-order valence-electron chi connectivity index (χ0n) is 6.48. The standard InChI is InChI=1S/C9H5BrFIS/c10-4-5-3-6-8(13-5)2-1-7(12)9(6)11/h1-3H,4H2. The molecule has 2 aromatic rings. The van der Waals surface area contributed by atoms with Crippen LogP contribution in [0.4, 0.5) is 4.39 Å². The maximum absolute atomic E-state index is 13.5. The van der Waals surface area contributed by atoms with Crippen molar-refractivity contribution in [1.29, 1.82) is 0 Å². The maximum Gasteiger partial charge on any atom is 0.145 e. The molecule has 0 aliphatic heterocycles. The van der Waals surface area contributed by atoms with Crippen molar-refractivity contribution >= 4 is 59.9 Å². The van der Waals surface area contributed by atoms with Crippen molar-refractivity contribution in [3.63, 3.8) is 0 Å². The van der Waals surface area contributed by atoms with E-state index < -0.39 is 0 Å². The van der Waals surface area contributed by atoms with E-state index in [4.69, 9.17) is 0 Å². The summed E-state index contributed by atoms with van der Waals surface area (Å²) in [5, 5.41) is 1.54. The van der Waals surface area contributed by atoms with Crippen molar-refractivity contribution in [2.24, 2.45) is 0 Å². The normalized spacial score (nSPS) is 11.0. The van der Waals surface area contributed by atoms with Gasteiger partial charge in [-0.1, -0.05) is 15.9 Å². The van der Waals surface area contributed by atoms with Crippen LogP contribution in [0, 0.1) is 9.39 Å². The van der Waals surface area contributed by atoms with E-state index in [2.05, 4.69) is 15.9 Å². The lowest BCUT2D eigenvalue weighted by Crippen LogP contribution is -1.79. The average molecular weight is 371 g/mol. The molecule has 0 spiro atoms. The number of alkyl halides is 1. The minimum atomic E-state index is -0.0958. The van der Waals surface area contributed by atoms with E-state index in [1.807, 2.05) is 40.8 Å². The van der Waals surface area contributed by atoms with Crippen molar-refractivity contribution in [2.75, 3.05) is 0 Å². The minimum Gasteiger partial charge on any atom is -0.205 e. The molecule has 0 N–H and O–H groups in total. The van der Waals surface area contributed by atoms with Crippen LogP contribution in [0.5, 0.6) is 0 Å². The molecule has 0 aliphatic carbocycles. The molecule has 4 heteroatoms. The molecule has 0 unspecified atom stereocenters. The van der Waals surface area contributed by atoms with Crippen LogP contribution in [0.15, 0.2) is 18.2 Å². The van der Waals surface area contributed by atoms with Crippen molar-refractivity contribution < 1.29 is 4.39 Å². The highest BCUT2D eigenvalue weighted by atomic mass is 127. The van der Waals surface area contributed by atoms with Crippen LogP contribution < -0.4 is 0 Å². The van der Waals surface area contributed by atoms with Crippen LogP contribution in [0.2, 0.25) is 0 Å². The molecule has 0 amide bonds. The minimum absolute atomic E-state index is 0.0958. The van der Waals surface area contributed by atoms with E-state index in [1.54, 1.807) is 11.3 Å². The molecule has 2 rings (SSSR count). The summed E-state index contributed by atoms with van der Waals surface area (Å²) in [7, 11) is 0. The van der Waals surface area contributed by atoms with E-state index in [0.717, 1.165) is 20.3 Å². The number of hydrogen-bond donors (Lipinski definition) is 0. The van der Waals surface area contributed by atoms with E-state index >= 15 is 0 Å². The van der Waals surface area contributed by atoms with Crippen LogP contribution >= 0.6 is 49.9 Å². The Labute approximate surface area is 101 Å². The number of fused-ring (bicyclic) bond motifs is 1. The third-order valence-corrected chi connectivity index (χ3v) is 4.68. The number of benzene rings is 1. The lowest BCUT2D eigenvalue weighted by atomic mass is 10.2. The summed E-state index contributed by atoms with van der Waals surface area (Å²) in [6.07, 6.45) is 0. The van der Waals surface area contributed by atoms with Gasteiger partial charge in [0.15, 0.2) is 0 Å². The Morgan fingerprint density at radius 2 is 2.23 bits per heavy atom. The smallest absolute Gasteiger partial charge is 0.145 e. The second-order valence-corrected chi connectivity index (χ2v) is 5.51. The Morgan fingerprint density at radius 3 is 2.92 bits per heavy atom. The Hall–Kier alpha value is 0.320. The van der Waals surface area contributed by atoms with Gasteiger partial charge in [0, 0.05) is 23.9 Å². The molecule has 68 valence electrons. The Morgan fingerprint density at radius 1 is 1.46 bits per heavy atom. The molecule has 0 nitrogen and oxygen atoms in total. The first-order chi connectivity index (χ1) is 6.22. The summed E-state index contributed by atoms with van der Waals surface area (Å²) in [5.74, 6) is -0.0958. The Balaban J connectivity index is 2.76. The summed E-state index contributed by atoms with van der Waals surface area (Å²) in [6, 6.07) is 5.69. The summed E-state index contributed by atoms with van der Waals surface area (Å²) >= 11 is 7.01. The van der Waals surface area contributed by atoms with E-state index in [0.29, 0.717) is 3.57 Å². The SMILES string of the molecule is Fc1c(I)ccc2sc(CBr)cc12. The molecule has 0 saturated carbocycles. The van der Waals surface area contributed by atoms with E-state index in [9.17, 15) is 4.39 Å². The quantitative estimate of drug-likeness (QED) is 0.510. The first-order valence-corrected chi connectivity index (χ1v) is 6.66. The molecule has 0 fully saturated rings. The van der Waals surface area contributed by atoms with Crippen LogP contribution in [-0.2, 0) is 5.33 Å². The van der Waals surface area contributed by atoms with Crippen LogP contribution in [0.1, 0.15) is 4.88 Å². The van der Waals surface area contributed by atoms with Crippen molar-refractivity contribution in [1.82, 2.24) is 0 Å².